The van der Waals surface area contributed by atoms with E-state index in [0.29, 0.717) is 23.5 Å². The molecule has 0 aliphatic rings. The minimum Gasteiger partial charge on any atom is -0.452 e. The number of halogens is 1. The van der Waals surface area contributed by atoms with Crippen LogP contribution < -0.4 is 10.6 Å². The molecule has 2 N–H and O–H groups in total. The summed E-state index contributed by atoms with van der Waals surface area (Å²) in [4.78, 5) is 36.0. The van der Waals surface area contributed by atoms with E-state index in [0.717, 1.165) is 12.8 Å². The van der Waals surface area contributed by atoms with Crippen LogP contribution in [0.15, 0.2) is 24.3 Å². The average molecular weight is 407 g/mol. The van der Waals surface area contributed by atoms with Gasteiger partial charge in [0.1, 0.15) is 10.7 Å². The summed E-state index contributed by atoms with van der Waals surface area (Å²) < 4.78 is 6.63. The average Bonchev–Trinajstić information content (AvgIpc) is 2.97. The van der Waals surface area contributed by atoms with Crippen molar-refractivity contribution in [1.82, 2.24) is 15.1 Å². The fraction of sp³-hybridized carbons (Fsp3) is 0.368. The van der Waals surface area contributed by atoms with E-state index in [1.807, 2.05) is 6.92 Å². The molecule has 8 nitrogen and oxygen atoms in total. The van der Waals surface area contributed by atoms with Crippen LogP contribution in [0.3, 0.4) is 0 Å². The van der Waals surface area contributed by atoms with Gasteiger partial charge < -0.3 is 15.4 Å². The summed E-state index contributed by atoms with van der Waals surface area (Å²) in [6.45, 7) is 3.82. The smallest absolute Gasteiger partial charge is 0.343 e. The number of anilines is 1. The highest BCUT2D eigenvalue weighted by atomic mass is 35.5. The highest BCUT2D eigenvalue weighted by Crippen LogP contribution is 2.21. The number of ether oxygens (including phenoxy) is 1. The molecule has 1 heterocycles. The zero-order valence-electron chi connectivity index (χ0n) is 16.0. The van der Waals surface area contributed by atoms with E-state index in [2.05, 4.69) is 15.7 Å². The number of aromatic nitrogens is 2. The number of aryl methyl sites for hydroxylation is 2. The van der Waals surface area contributed by atoms with Crippen molar-refractivity contribution in [2.24, 2.45) is 0 Å². The van der Waals surface area contributed by atoms with Crippen molar-refractivity contribution in [3.05, 3.63) is 46.2 Å². The fourth-order valence-electron chi connectivity index (χ4n) is 2.52. The van der Waals surface area contributed by atoms with Crippen molar-refractivity contribution in [2.45, 2.75) is 33.2 Å². The number of unbranched alkanes of at least 4 members (excludes halogenated alkanes) is 1. The van der Waals surface area contributed by atoms with Gasteiger partial charge in [-0.3, -0.25) is 14.3 Å². The second-order valence-corrected chi connectivity index (χ2v) is 6.47. The second-order valence-electron chi connectivity index (χ2n) is 6.11. The molecular weight excluding hydrogens is 384 g/mol. The number of benzene rings is 1. The third-order valence-corrected chi connectivity index (χ3v) is 4.35. The molecule has 2 rings (SSSR count). The Labute approximate surface area is 168 Å². The number of carbonyl (C=O) groups is 3. The summed E-state index contributed by atoms with van der Waals surface area (Å²) in [6.07, 6.45) is 1.85. The maximum absolute atomic E-state index is 12.3. The predicted octanol–water partition coefficient (Wildman–Crippen LogP) is 2.80. The van der Waals surface area contributed by atoms with E-state index in [-0.39, 0.29) is 16.6 Å². The van der Waals surface area contributed by atoms with Crippen molar-refractivity contribution >= 4 is 35.1 Å². The normalized spacial score (nSPS) is 10.4. The Hall–Kier alpha value is -2.87. The van der Waals surface area contributed by atoms with Crippen LogP contribution in [0.1, 0.15) is 46.2 Å². The Morgan fingerprint density at radius 1 is 1.29 bits per heavy atom. The van der Waals surface area contributed by atoms with Crippen LogP contribution in [0.5, 0.6) is 0 Å². The molecule has 0 aliphatic carbocycles. The SMILES string of the molecule is CCCCn1nc(C)c(C(=O)OCC(=O)Nc2cccc(C(=O)NC)c2)c1Cl. The second kappa shape index (κ2) is 9.89. The number of rotatable bonds is 8. The number of carbonyl (C=O) groups excluding carboxylic acids is 3. The molecule has 0 radical (unpaired) electrons. The Kier molecular flexibility index (Phi) is 7.57. The van der Waals surface area contributed by atoms with Gasteiger partial charge in [-0.05, 0) is 31.5 Å². The van der Waals surface area contributed by atoms with Crippen molar-refractivity contribution in [1.29, 1.82) is 0 Å². The maximum Gasteiger partial charge on any atom is 0.343 e. The highest BCUT2D eigenvalue weighted by molar-refractivity contribution is 6.32. The number of amides is 2. The minimum absolute atomic E-state index is 0.159. The standard InChI is InChI=1S/C19H23ClN4O4/c1-4-5-9-24-17(20)16(12(2)23-24)19(27)28-11-15(25)22-14-8-6-7-13(10-14)18(26)21-3/h6-8,10H,4-5,9,11H2,1-3H3,(H,21,26)(H,22,25). The van der Waals surface area contributed by atoms with Gasteiger partial charge in [0.25, 0.3) is 11.8 Å². The molecule has 2 aromatic rings. The van der Waals surface area contributed by atoms with Crippen molar-refractivity contribution < 1.29 is 19.1 Å². The monoisotopic (exact) mass is 406 g/mol. The number of hydrogen-bond donors (Lipinski definition) is 2. The third-order valence-electron chi connectivity index (χ3n) is 3.96. The first-order chi connectivity index (χ1) is 13.4. The zero-order valence-corrected chi connectivity index (χ0v) is 16.8. The molecule has 0 unspecified atom stereocenters. The Morgan fingerprint density at radius 3 is 2.71 bits per heavy atom. The maximum atomic E-state index is 12.3. The summed E-state index contributed by atoms with van der Waals surface area (Å²) in [5.41, 5.74) is 1.43. The number of hydrogen-bond acceptors (Lipinski definition) is 5. The Bertz CT molecular complexity index is 879. The highest BCUT2D eigenvalue weighted by Gasteiger charge is 2.22. The van der Waals surface area contributed by atoms with E-state index in [1.54, 1.807) is 29.8 Å². The molecule has 0 aliphatic heterocycles. The summed E-state index contributed by atoms with van der Waals surface area (Å²) in [7, 11) is 1.52. The van der Waals surface area contributed by atoms with Gasteiger partial charge in [0.15, 0.2) is 6.61 Å². The third kappa shape index (κ3) is 5.32. The van der Waals surface area contributed by atoms with Crippen molar-refractivity contribution in [2.75, 3.05) is 19.0 Å². The molecule has 0 saturated heterocycles. The van der Waals surface area contributed by atoms with Crippen LogP contribution in [-0.4, -0.2) is 41.2 Å². The van der Waals surface area contributed by atoms with Gasteiger partial charge in [-0.25, -0.2) is 4.79 Å². The molecule has 1 aromatic heterocycles. The first kappa shape index (κ1) is 21.4. The summed E-state index contributed by atoms with van der Waals surface area (Å²) in [6, 6.07) is 6.41. The van der Waals surface area contributed by atoms with Gasteiger partial charge in [0, 0.05) is 24.8 Å². The van der Waals surface area contributed by atoms with Crippen LogP contribution in [0.25, 0.3) is 0 Å². The Balaban J connectivity index is 1.97. The van der Waals surface area contributed by atoms with Crippen LogP contribution in [0.4, 0.5) is 5.69 Å². The predicted molar refractivity (Wildman–Crippen MR) is 106 cm³/mol. The van der Waals surface area contributed by atoms with E-state index in [1.165, 1.54) is 13.1 Å². The van der Waals surface area contributed by atoms with Crippen LogP contribution >= 0.6 is 11.6 Å². The lowest BCUT2D eigenvalue weighted by molar-refractivity contribution is -0.119. The van der Waals surface area contributed by atoms with Crippen molar-refractivity contribution in [3.63, 3.8) is 0 Å². The lowest BCUT2D eigenvalue weighted by Gasteiger charge is -2.08. The fourth-order valence-corrected chi connectivity index (χ4v) is 2.86. The Morgan fingerprint density at radius 2 is 2.04 bits per heavy atom. The van der Waals surface area contributed by atoms with Gasteiger partial charge >= 0.3 is 5.97 Å². The molecule has 9 heteroatoms. The van der Waals surface area contributed by atoms with Crippen LogP contribution in [0.2, 0.25) is 5.15 Å². The first-order valence-electron chi connectivity index (χ1n) is 8.89. The topological polar surface area (TPSA) is 102 Å². The molecule has 0 spiro atoms. The minimum atomic E-state index is -0.709. The van der Waals surface area contributed by atoms with Gasteiger partial charge in [-0.1, -0.05) is 31.0 Å². The van der Waals surface area contributed by atoms with Crippen molar-refractivity contribution in [3.8, 4) is 0 Å². The number of esters is 1. The van der Waals surface area contributed by atoms with Gasteiger partial charge in [-0.15, -0.1) is 0 Å². The molecule has 0 atom stereocenters. The molecule has 0 saturated carbocycles. The van der Waals surface area contributed by atoms with Gasteiger partial charge in [0.05, 0.1) is 5.69 Å². The van der Waals surface area contributed by atoms with E-state index in [9.17, 15) is 14.4 Å². The lowest BCUT2D eigenvalue weighted by atomic mass is 10.2. The largest absolute Gasteiger partial charge is 0.452 e. The number of nitrogens with one attached hydrogen (secondary N) is 2. The first-order valence-corrected chi connectivity index (χ1v) is 9.27. The zero-order chi connectivity index (χ0) is 20.7. The molecule has 2 amide bonds. The molecular formula is C19H23ClN4O4. The molecule has 0 fully saturated rings. The number of nitrogens with zero attached hydrogens (tertiary/aromatic N) is 2. The summed E-state index contributed by atoms with van der Waals surface area (Å²) in [5, 5.41) is 9.53. The summed E-state index contributed by atoms with van der Waals surface area (Å²) >= 11 is 6.23. The van der Waals surface area contributed by atoms with Gasteiger partial charge in [-0.2, -0.15) is 5.10 Å². The summed E-state index contributed by atoms with van der Waals surface area (Å²) in [5.74, 6) is -1.51. The van der Waals surface area contributed by atoms with E-state index in [4.69, 9.17) is 16.3 Å². The van der Waals surface area contributed by atoms with Gasteiger partial charge in [0.2, 0.25) is 0 Å². The quantitative estimate of drug-likeness (QED) is 0.656. The molecule has 28 heavy (non-hydrogen) atoms. The molecule has 0 bridgehead atoms. The van der Waals surface area contributed by atoms with E-state index >= 15 is 0 Å². The van der Waals surface area contributed by atoms with E-state index < -0.39 is 18.5 Å². The lowest BCUT2D eigenvalue weighted by Crippen LogP contribution is -2.22. The van der Waals surface area contributed by atoms with Crippen LogP contribution in [-0.2, 0) is 16.1 Å². The molecule has 150 valence electrons. The van der Waals surface area contributed by atoms with Crippen LogP contribution in [0, 0.1) is 6.92 Å². The molecule has 1 aromatic carbocycles.